The minimum absolute atomic E-state index is 0.00482. The summed E-state index contributed by atoms with van der Waals surface area (Å²) in [5.41, 5.74) is -9.51. The first kappa shape index (κ1) is 48.1. The molecule has 334 valence electrons. The largest absolute Gasteiger partial charge is 0.465 e. The Kier molecular flexibility index (Phi) is 13.8. The molecule has 7 nitrogen and oxygen atoms in total. The Morgan fingerprint density at radius 1 is 0.578 bits per heavy atom. The van der Waals surface area contributed by atoms with Crippen molar-refractivity contribution in [2.45, 2.75) is 49.2 Å². The third kappa shape index (κ3) is 9.01. The Morgan fingerprint density at radius 2 is 1.00 bits per heavy atom. The summed E-state index contributed by atoms with van der Waals surface area (Å²) in [7, 11) is 1.07. The fraction of sp³-hybridized carbons (Fsp3) is 0.200. The van der Waals surface area contributed by atoms with Crippen molar-refractivity contribution in [3.8, 4) is 22.3 Å². The molecule has 0 spiro atoms. The normalized spacial score (nSPS) is 14.8. The average Bonchev–Trinajstić information content (AvgIpc) is 3.23. The minimum Gasteiger partial charge on any atom is -0.465 e. The number of ether oxygens (including phenoxy) is 2. The van der Waals surface area contributed by atoms with Gasteiger partial charge in [0.15, 0.2) is 5.60 Å². The van der Waals surface area contributed by atoms with Crippen LogP contribution in [-0.2, 0) is 20.7 Å². The summed E-state index contributed by atoms with van der Waals surface area (Å²) in [6, 6.07) is 17.3. The van der Waals surface area contributed by atoms with Crippen LogP contribution in [0.2, 0.25) is 20.4 Å². The maximum absolute atomic E-state index is 16.0. The van der Waals surface area contributed by atoms with Gasteiger partial charge < -0.3 is 14.6 Å². The second-order valence-electron chi connectivity index (χ2n) is 14.4. The van der Waals surface area contributed by atoms with Gasteiger partial charge in [0.1, 0.15) is 21.9 Å². The van der Waals surface area contributed by atoms with Crippen LogP contribution in [0.1, 0.15) is 68.7 Å². The van der Waals surface area contributed by atoms with Crippen LogP contribution in [0.3, 0.4) is 0 Å². The monoisotopic (exact) mass is 970 g/mol. The lowest BCUT2D eigenvalue weighted by atomic mass is 9.77. The number of halogens is 12. The topological polar surface area (TPSA) is 98.6 Å². The van der Waals surface area contributed by atoms with E-state index >= 15 is 17.6 Å². The molecule has 19 heteroatoms. The predicted molar refractivity (Wildman–Crippen MR) is 223 cm³/mol. The highest BCUT2D eigenvalue weighted by atomic mass is 35.5. The van der Waals surface area contributed by atoms with Crippen LogP contribution in [0.25, 0.3) is 22.3 Å². The predicted octanol–water partition coefficient (Wildman–Crippen LogP) is 13.5. The van der Waals surface area contributed by atoms with Crippen molar-refractivity contribution < 1.29 is 59.3 Å². The molecule has 2 aromatic heterocycles. The molecule has 64 heavy (non-hydrogen) atoms. The number of methoxy groups -OCH3 is 1. The third-order valence-corrected chi connectivity index (χ3v) is 11.9. The zero-order valence-corrected chi connectivity index (χ0v) is 36.1. The minimum atomic E-state index is -5.45. The Balaban J connectivity index is 1.35. The molecule has 6 aromatic rings. The SMILES string of the molecule is COC(=O)c1ccc(-c2ccc(C(C)C(OC(=O)c3ccc(-c4ccc(C(C)C(O)(c5ccnc(Cl)c5)C(F)(F)F)c(Cl)c4)cc3F)(c3ccnc(Cl)c3)C(F)(F)F)c(Cl)c2)cc1F. The second kappa shape index (κ2) is 18.3. The summed E-state index contributed by atoms with van der Waals surface area (Å²) in [6.07, 6.45) is -8.73. The van der Waals surface area contributed by atoms with Crippen molar-refractivity contribution in [1.29, 1.82) is 0 Å². The van der Waals surface area contributed by atoms with Crippen LogP contribution < -0.4 is 0 Å². The van der Waals surface area contributed by atoms with Gasteiger partial charge in [0, 0.05) is 39.8 Å². The molecule has 2 heterocycles. The lowest BCUT2D eigenvalue weighted by Crippen LogP contribution is -2.50. The molecule has 0 fully saturated rings. The standard InChI is InChI=1S/C45H30Cl4F8N2O5/c1-22(42(62,44(52,53)54)28-12-14-58-38(48)20-28)30-8-4-24(16-34(30)46)27-7-11-33(37(51)19-27)41(61)64-43(45(55,56)57,29-13-15-59-39(49)21-29)23(2)31-9-5-25(17-35(31)47)26-6-10-32(36(50)18-26)40(60)63-3/h4-23,62H,1-3H3. The molecule has 4 aromatic carbocycles. The summed E-state index contributed by atoms with van der Waals surface area (Å²) in [5, 5.41) is 9.89. The Morgan fingerprint density at radius 3 is 1.42 bits per heavy atom. The number of rotatable bonds is 11. The highest BCUT2D eigenvalue weighted by Crippen LogP contribution is 2.54. The van der Waals surface area contributed by atoms with Crippen LogP contribution in [0.5, 0.6) is 0 Å². The first-order valence-electron chi connectivity index (χ1n) is 18.5. The van der Waals surface area contributed by atoms with Crippen molar-refractivity contribution in [3.63, 3.8) is 0 Å². The molecule has 0 saturated heterocycles. The Bertz CT molecular complexity index is 2770. The van der Waals surface area contributed by atoms with E-state index in [0.29, 0.717) is 0 Å². The van der Waals surface area contributed by atoms with Crippen LogP contribution in [0.15, 0.2) is 109 Å². The molecule has 0 aliphatic carbocycles. The van der Waals surface area contributed by atoms with Gasteiger partial charge in [-0.15, -0.1) is 0 Å². The first-order valence-corrected chi connectivity index (χ1v) is 20.1. The van der Waals surface area contributed by atoms with Gasteiger partial charge in [-0.2, -0.15) is 26.3 Å². The van der Waals surface area contributed by atoms with E-state index in [1.165, 1.54) is 42.5 Å². The van der Waals surface area contributed by atoms with Crippen LogP contribution in [0, 0.1) is 11.6 Å². The summed E-state index contributed by atoms with van der Waals surface area (Å²) in [5.74, 6) is -8.59. The van der Waals surface area contributed by atoms with Gasteiger partial charge in [-0.25, -0.2) is 28.3 Å². The van der Waals surface area contributed by atoms with Crippen molar-refractivity contribution in [2.75, 3.05) is 7.11 Å². The lowest BCUT2D eigenvalue weighted by Gasteiger charge is -2.40. The number of alkyl halides is 6. The number of aliphatic hydroxyl groups is 1. The van der Waals surface area contributed by atoms with E-state index in [1.807, 2.05) is 0 Å². The van der Waals surface area contributed by atoms with Crippen molar-refractivity contribution in [2.24, 2.45) is 0 Å². The Hall–Kier alpha value is -5.32. The highest BCUT2D eigenvalue weighted by Gasteiger charge is 2.64. The molecule has 0 bridgehead atoms. The smallest absolute Gasteiger partial charge is 0.433 e. The van der Waals surface area contributed by atoms with E-state index < -0.39 is 80.8 Å². The lowest BCUT2D eigenvalue weighted by molar-refractivity contribution is -0.274. The molecule has 1 N–H and O–H groups in total. The van der Waals surface area contributed by atoms with Crippen molar-refractivity contribution in [1.82, 2.24) is 9.97 Å². The highest BCUT2D eigenvalue weighted by molar-refractivity contribution is 6.32. The maximum atomic E-state index is 16.0. The van der Waals surface area contributed by atoms with Gasteiger partial charge in [-0.1, -0.05) is 96.6 Å². The average molecular weight is 973 g/mol. The molecule has 0 saturated carbocycles. The van der Waals surface area contributed by atoms with E-state index in [4.69, 9.17) is 51.1 Å². The number of esters is 2. The fourth-order valence-electron chi connectivity index (χ4n) is 7.39. The van der Waals surface area contributed by atoms with E-state index in [2.05, 4.69) is 14.7 Å². The van der Waals surface area contributed by atoms with Crippen LogP contribution in [0.4, 0.5) is 35.1 Å². The van der Waals surface area contributed by atoms with Crippen molar-refractivity contribution >= 4 is 58.3 Å². The van der Waals surface area contributed by atoms with Gasteiger partial charge in [0.2, 0.25) is 5.60 Å². The third-order valence-electron chi connectivity index (χ3n) is 10.8. The molecular weight excluding hydrogens is 942 g/mol. The number of carbonyl (C=O) groups excluding carboxylic acids is 2. The van der Waals surface area contributed by atoms with Gasteiger partial charge in [0.05, 0.1) is 18.2 Å². The number of pyridine rings is 2. The van der Waals surface area contributed by atoms with Gasteiger partial charge >= 0.3 is 24.3 Å². The van der Waals surface area contributed by atoms with Crippen LogP contribution in [-0.4, -0.2) is 46.5 Å². The summed E-state index contributed by atoms with van der Waals surface area (Å²) < 4.78 is 131. The molecule has 0 aliphatic rings. The quantitative estimate of drug-likeness (QED) is 0.0784. The number of hydrogen-bond donors (Lipinski definition) is 1. The van der Waals surface area contributed by atoms with E-state index in [1.54, 1.807) is 0 Å². The molecule has 0 radical (unpaired) electrons. The fourth-order valence-corrected chi connectivity index (χ4v) is 8.42. The number of benzene rings is 4. The van der Waals surface area contributed by atoms with Crippen LogP contribution >= 0.6 is 46.4 Å². The second-order valence-corrected chi connectivity index (χ2v) is 16.0. The molecule has 4 atom stereocenters. The zero-order chi connectivity index (χ0) is 47.1. The molecule has 4 unspecified atom stereocenters. The zero-order valence-electron chi connectivity index (χ0n) is 33.1. The summed E-state index contributed by atoms with van der Waals surface area (Å²) >= 11 is 25.0. The maximum Gasteiger partial charge on any atom is 0.433 e. The number of carbonyl (C=O) groups is 2. The molecular formula is C45H30Cl4F8N2O5. The molecule has 0 amide bonds. The van der Waals surface area contributed by atoms with Gasteiger partial charge in [0.25, 0.3) is 0 Å². The van der Waals surface area contributed by atoms with Gasteiger partial charge in [-0.3, -0.25) is 0 Å². The summed E-state index contributed by atoms with van der Waals surface area (Å²) in [4.78, 5) is 33.1. The van der Waals surface area contributed by atoms with E-state index in [-0.39, 0.29) is 54.1 Å². The first-order chi connectivity index (χ1) is 29.9. The number of hydrogen-bond acceptors (Lipinski definition) is 7. The molecule has 0 aliphatic heterocycles. The van der Waals surface area contributed by atoms with E-state index in [9.17, 15) is 32.3 Å². The number of aromatic nitrogens is 2. The number of nitrogens with zero attached hydrogens (tertiary/aromatic N) is 2. The van der Waals surface area contributed by atoms with Crippen molar-refractivity contribution in [3.05, 3.63) is 175 Å². The van der Waals surface area contributed by atoms with Gasteiger partial charge in [-0.05, 0) is 99.6 Å². The Labute approximate surface area is 379 Å². The molecule has 6 rings (SSSR count). The van der Waals surface area contributed by atoms with E-state index in [0.717, 1.165) is 87.9 Å². The summed E-state index contributed by atoms with van der Waals surface area (Å²) in [6.45, 7) is 2.15.